The van der Waals surface area contributed by atoms with Crippen molar-refractivity contribution in [1.82, 2.24) is 4.90 Å². The summed E-state index contributed by atoms with van der Waals surface area (Å²) in [6, 6.07) is 10.7. The third-order valence-electron chi connectivity index (χ3n) is 4.06. The number of hydrogen-bond acceptors (Lipinski definition) is 5. The van der Waals surface area contributed by atoms with E-state index in [1.807, 2.05) is 31.3 Å². The van der Waals surface area contributed by atoms with Gasteiger partial charge >= 0.3 is 5.97 Å². The van der Waals surface area contributed by atoms with E-state index >= 15 is 0 Å². The Morgan fingerprint density at radius 3 is 2.76 bits per heavy atom. The molecule has 1 saturated heterocycles. The van der Waals surface area contributed by atoms with Crippen molar-refractivity contribution in [2.75, 3.05) is 38.7 Å². The third kappa shape index (κ3) is 4.07. The average molecular weight is 344 g/mol. The molecule has 0 bridgehead atoms. The van der Waals surface area contributed by atoms with Crippen molar-refractivity contribution in [2.45, 2.75) is 6.10 Å². The molecule has 1 atom stereocenters. The van der Waals surface area contributed by atoms with Crippen molar-refractivity contribution >= 4 is 28.3 Å². The molecule has 2 aromatic rings. The Labute approximate surface area is 145 Å². The predicted molar refractivity (Wildman–Crippen MR) is 92.9 cm³/mol. The summed E-state index contributed by atoms with van der Waals surface area (Å²) in [6.07, 6.45) is -0.513. The lowest BCUT2D eigenvalue weighted by molar-refractivity contribution is -0.139. The summed E-state index contributed by atoms with van der Waals surface area (Å²) in [5, 5.41) is 13.2. The molecule has 0 saturated carbocycles. The molecule has 1 aliphatic heterocycles. The fourth-order valence-corrected chi connectivity index (χ4v) is 2.80. The van der Waals surface area contributed by atoms with Crippen LogP contribution in [0.3, 0.4) is 0 Å². The van der Waals surface area contributed by atoms with Crippen molar-refractivity contribution in [2.24, 2.45) is 0 Å². The molecular formula is C18H20N2O5. The van der Waals surface area contributed by atoms with Crippen LogP contribution in [0.4, 0.5) is 5.69 Å². The van der Waals surface area contributed by atoms with Gasteiger partial charge in [0.2, 0.25) is 0 Å². The number of morpholine rings is 1. The van der Waals surface area contributed by atoms with Crippen molar-refractivity contribution in [1.29, 1.82) is 0 Å². The number of hydrogen-bond donors (Lipinski definition) is 2. The molecule has 7 heteroatoms. The number of carbonyl (C=O) groups excluding carboxylic acids is 1. The Morgan fingerprint density at radius 1 is 1.28 bits per heavy atom. The van der Waals surface area contributed by atoms with Gasteiger partial charge in [-0.3, -0.25) is 4.79 Å². The van der Waals surface area contributed by atoms with Gasteiger partial charge in [-0.25, -0.2) is 4.79 Å². The largest absolute Gasteiger partial charge is 0.481 e. The molecule has 1 unspecified atom stereocenters. The topological polar surface area (TPSA) is 88.1 Å². The number of benzene rings is 2. The number of amides is 1. The van der Waals surface area contributed by atoms with Gasteiger partial charge in [-0.05, 0) is 19.2 Å². The number of rotatable bonds is 5. The first-order valence-corrected chi connectivity index (χ1v) is 8.02. The van der Waals surface area contributed by atoms with Gasteiger partial charge in [0.15, 0.2) is 6.61 Å². The zero-order valence-corrected chi connectivity index (χ0v) is 13.9. The first-order valence-electron chi connectivity index (χ1n) is 8.02. The van der Waals surface area contributed by atoms with Gasteiger partial charge in [-0.2, -0.15) is 0 Å². The van der Waals surface area contributed by atoms with Crippen molar-refractivity contribution < 1.29 is 24.2 Å². The van der Waals surface area contributed by atoms with Crippen LogP contribution < -0.4 is 10.1 Å². The summed E-state index contributed by atoms with van der Waals surface area (Å²) >= 11 is 0. The molecule has 7 nitrogen and oxygen atoms in total. The van der Waals surface area contributed by atoms with Gasteiger partial charge in [0.1, 0.15) is 11.9 Å². The van der Waals surface area contributed by atoms with E-state index in [1.54, 1.807) is 12.1 Å². The zero-order valence-electron chi connectivity index (χ0n) is 13.9. The number of carbonyl (C=O) groups is 2. The van der Waals surface area contributed by atoms with Crippen LogP contribution in [0.1, 0.15) is 0 Å². The van der Waals surface area contributed by atoms with E-state index in [2.05, 4.69) is 10.2 Å². The highest BCUT2D eigenvalue weighted by Crippen LogP contribution is 2.31. The molecule has 1 fully saturated rings. The standard InChI is InChI=1S/C18H20N2O5/c1-20-8-9-24-16(10-20)18(23)19-14-6-7-15(25-11-17(21)22)13-5-3-2-4-12(13)14/h2-7,16H,8-11H2,1H3,(H,19,23)(H,21,22). The molecule has 1 amide bonds. The second kappa shape index (κ2) is 7.50. The van der Waals surface area contributed by atoms with E-state index in [1.165, 1.54) is 0 Å². The number of ether oxygens (including phenoxy) is 2. The summed E-state index contributed by atoms with van der Waals surface area (Å²) in [6.45, 7) is 1.46. The monoisotopic (exact) mass is 344 g/mol. The van der Waals surface area contributed by atoms with Gasteiger partial charge in [-0.1, -0.05) is 24.3 Å². The van der Waals surface area contributed by atoms with E-state index in [-0.39, 0.29) is 5.91 Å². The smallest absolute Gasteiger partial charge is 0.341 e. The van der Waals surface area contributed by atoms with Gasteiger partial charge < -0.3 is 24.8 Å². The molecule has 1 aliphatic rings. The average Bonchev–Trinajstić information content (AvgIpc) is 2.61. The minimum absolute atomic E-state index is 0.198. The Balaban J connectivity index is 1.83. The second-order valence-corrected chi connectivity index (χ2v) is 5.95. The van der Waals surface area contributed by atoms with Crippen molar-refractivity contribution in [3.63, 3.8) is 0 Å². The maximum Gasteiger partial charge on any atom is 0.341 e. The Kier molecular flexibility index (Phi) is 5.16. The first kappa shape index (κ1) is 17.2. The van der Waals surface area contributed by atoms with Gasteiger partial charge in [0, 0.05) is 29.5 Å². The number of nitrogens with one attached hydrogen (secondary N) is 1. The fraction of sp³-hybridized carbons (Fsp3) is 0.333. The number of anilines is 1. The minimum Gasteiger partial charge on any atom is -0.481 e. The summed E-state index contributed by atoms with van der Waals surface area (Å²) in [5.74, 6) is -0.777. The molecule has 2 aromatic carbocycles. The third-order valence-corrected chi connectivity index (χ3v) is 4.06. The first-order chi connectivity index (χ1) is 12.0. The molecule has 2 N–H and O–H groups in total. The minimum atomic E-state index is -1.04. The normalized spacial score (nSPS) is 18.0. The lowest BCUT2D eigenvalue weighted by atomic mass is 10.1. The van der Waals surface area contributed by atoms with E-state index in [0.717, 1.165) is 17.3 Å². The number of aliphatic carboxylic acids is 1. The van der Waals surface area contributed by atoms with Gasteiger partial charge in [0.05, 0.1) is 6.61 Å². The maximum absolute atomic E-state index is 12.5. The van der Waals surface area contributed by atoms with Crippen LogP contribution >= 0.6 is 0 Å². The number of carboxylic acids is 1. The Hall–Kier alpha value is -2.64. The molecule has 1 heterocycles. The van der Waals surface area contributed by atoms with Gasteiger partial charge in [-0.15, -0.1) is 0 Å². The van der Waals surface area contributed by atoms with E-state index in [0.29, 0.717) is 24.6 Å². The zero-order chi connectivity index (χ0) is 17.8. The number of nitrogens with zero attached hydrogens (tertiary/aromatic N) is 1. The highest BCUT2D eigenvalue weighted by atomic mass is 16.5. The summed E-state index contributed by atoms with van der Waals surface area (Å²) < 4.78 is 10.9. The summed E-state index contributed by atoms with van der Waals surface area (Å²) in [7, 11) is 1.95. The number of carboxylic acid groups (broad SMARTS) is 1. The lowest BCUT2D eigenvalue weighted by Gasteiger charge is -2.29. The highest BCUT2D eigenvalue weighted by Gasteiger charge is 2.25. The predicted octanol–water partition coefficient (Wildman–Crippen LogP) is 1.57. The Morgan fingerprint density at radius 2 is 2.04 bits per heavy atom. The van der Waals surface area contributed by atoms with E-state index < -0.39 is 18.7 Å². The molecule has 132 valence electrons. The van der Waals surface area contributed by atoms with E-state index in [4.69, 9.17) is 14.6 Å². The fourth-order valence-electron chi connectivity index (χ4n) is 2.80. The maximum atomic E-state index is 12.5. The number of fused-ring (bicyclic) bond motifs is 1. The molecule has 25 heavy (non-hydrogen) atoms. The molecule has 0 radical (unpaired) electrons. The van der Waals surface area contributed by atoms with Crippen molar-refractivity contribution in [3.8, 4) is 5.75 Å². The van der Waals surface area contributed by atoms with Crippen LogP contribution in [0.25, 0.3) is 10.8 Å². The van der Waals surface area contributed by atoms with E-state index in [9.17, 15) is 9.59 Å². The van der Waals surface area contributed by atoms with Crippen LogP contribution in [0, 0.1) is 0 Å². The number of likely N-dealkylation sites (N-methyl/N-ethyl adjacent to an activating group) is 1. The molecule has 0 aliphatic carbocycles. The summed E-state index contributed by atoms with van der Waals surface area (Å²) in [5.41, 5.74) is 0.639. The molecule has 3 rings (SSSR count). The quantitative estimate of drug-likeness (QED) is 0.856. The SMILES string of the molecule is CN1CCOC(C(=O)Nc2ccc(OCC(=O)O)c3ccccc23)C1. The Bertz CT molecular complexity index is 792. The van der Waals surface area contributed by atoms with Crippen LogP contribution in [0.5, 0.6) is 5.75 Å². The van der Waals surface area contributed by atoms with Crippen LogP contribution in [-0.4, -0.2) is 61.3 Å². The highest BCUT2D eigenvalue weighted by molar-refractivity contribution is 6.05. The molecule has 0 spiro atoms. The lowest BCUT2D eigenvalue weighted by Crippen LogP contribution is -2.46. The van der Waals surface area contributed by atoms with Crippen LogP contribution in [0.2, 0.25) is 0 Å². The van der Waals surface area contributed by atoms with Crippen LogP contribution in [-0.2, 0) is 14.3 Å². The van der Waals surface area contributed by atoms with Crippen molar-refractivity contribution in [3.05, 3.63) is 36.4 Å². The summed E-state index contributed by atoms with van der Waals surface area (Å²) in [4.78, 5) is 25.3. The van der Waals surface area contributed by atoms with Crippen LogP contribution in [0.15, 0.2) is 36.4 Å². The van der Waals surface area contributed by atoms with Gasteiger partial charge in [0.25, 0.3) is 5.91 Å². The molecule has 0 aromatic heterocycles. The second-order valence-electron chi connectivity index (χ2n) is 5.95. The molecular weight excluding hydrogens is 324 g/mol.